The third-order valence-corrected chi connectivity index (χ3v) is 2.02. The quantitative estimate of drug-likeness (QED) is 0.757. The number of hydrogen-bond acceptors (Lipinski definition) is 1. The fraction of sp³-hybridized carbons (Fsp3) is 0.364. The van der Waals surface area contributed by atoms with Crippen LogP contribution in [0.2, 0.25) is 0 Å². The van der Waals surface area contributed by atoms with Crippen LogP contribution in [0.25, 0.3) is 0 Å². The molecule has 15 heavy (non-hydrogen) atoms. The van der Waals surface area contributed by atoms with Crippen LogP contribution >= 0.6 is 0 Å². The Morgan fingerprint density at radius 2 is 1.80 bits per heavy atom. The van der Waals surface area contributed by atoms with Gasteiger partial charge in [0.1, 0.15) is 0 Å². The van der Waals surface area contributed by atoms with Crippen LogP contribution in [0.15, 0.2) is 24.3 Å². The van der Waals surface area contributed by atoms with Crippen LogP contribution in [0.4, 0.5) is 13.2 Å². The van der Waals surface area contributed by atoms with Crippen molar-refractivity contribution in [1.29, 1.82) is 0 Å². The van der Waals surface area contributed by atoms with E-state index in [1.54, 1.807) is 13.2 Å². The smallest absolute Gasteiger partial charge is 0.291 e. The highest BCUT2D eigenvalue weighted by Crippen LogP contribution is 2.29. The summed E-state index contributed by atoms with van der Waals surface area (Å²) in [5.41, 5.74) is 0.0350. The normalized spacial score (nSPS) is 13.6. The highest BCUT2D eigenvalue weighted by Gasteiger charge is 2.29. The molecule has 1 aromatic carbocycles. The maximum absolute atomic E-state index is 12.2. The molecule has 0 saturated carbocycles. The molecule has 1 unspecified atom stereocenters. The van der Waals surface area contributed by atoms with Gasteiger partial charge in [0.15, 0.2) is 0 Å². The average Bonchev–Trinajstić information content (AvgIpc) is 2.17. The van der Waals surface area contributed by atoms with Gasteiger partial charge in [0, 0.05) is 5.92 Å². The minimum Gasteiger partial charge on any atom is -0.291 e. The summed E-state index contributed by atoms with van der Waals surface area (Å²) in [6, 6.07) is 4.81. The second-order valence-electron chi connectivity index (χ2n) is 3.42. The van der Waals surface area contributed by atoms with Gasteiger partial charge < -0.3 is 0 Å². The van der Waals surface area contributed by atoms with E-state index in [9.17, 15) is 18.0 Å². The van der Waals surface area contributed by atoms with Crippen LogP contribution in [0, 0.1) is 5.92 Å². The van der Waals surface area contributed by atoms with E-state index in [0.29, 0.717) is 12.0 Å². The third kappa shape index (κ3) is 3.38. The van der Waals surface area contributed by atoms with Crippen molar-refractivity contribution in [1.82, 2.24) is 0 Å². The lowest BCUT2D eigenvalue weighted by molar-refractivity contribution is -0.137. The zero-order valence-corrected chi connectivity index (χ0v) is 8.14. The zero-order chi connectivity index (χ0) is 11.5. The van der Waals surface area contributed by atoms with Crippen LogP contribution in [-0.2, 0) is 17.4 Å². The first-order valence-electron chi connectivity index (χ1n) is 4.47. The molecule has 0 fully saturated rings. The highest BCUT2D eigenvalue weighted by molar-refractivity contribution is 5.54. The van der Waals surface area contributed by atoms with Crippen molar-refractivity contribution in [2.24, 2.45) is 5.92 Å². The average molecular weight is 215 g/mol. The Labute approximate surface area is 85.9 Å². The number of benzene rings is 1. The van der Waals surface area contributed by atoms with Gasteiger partial charge in [-0.25, -0.2) is 0 Å². The van der Waals surface area contributed by atoms with Gasteiger partial charge in [-0.1, -0.05) is 19.1 Å². The fourth-order valence-corrected chi connectivity index (χ4v) is 1.23. The summed E-state index contributed by atoms with van der Waals surface area (Å²) in [7, 11) is 0. The van der Waals surface area contributed by atoms with E-state index in [4.69, 9.17) is 0 Å². The second kappa shape index (κ2) is 4.47. The maximum atomic E-state index is 12.2. The van der Waals surface area contributed by atoms with Gasteiger partial charge in [0.2, 0.25) is 6.29 Å². The standard InChI is InChI=1S/C11H10F3O/c1-8(7-15)6-9-2-4-10(5-3-9)11(12,13)14/h2-5,8H,6H2,1H3. The van der Waals surface area contributed by atoms with Gasteiger partial charge in [-0.05, 0) is 24.1 Å². The minimum atomic E-state index is -4.30. The molecule has 1 radical (unpaired) electrons. The maximum Gasteiger partial charge on any atom is 0.416 e. The number of rotatable bonds is 3. The SMILES string of the molecule is CC([C]=O)Cc1ccc(C(F)(F)F)cc1. The predicted octanol–water partition coefficient (Wildman–Crippen LogP) is 2.99. The molecule has 0 aromatic heterocycles. The molecule has 0 aliphatic rings. The van der Waals surface area contributed by atoms with E-state index >= 15 is 0 Å². The molecule has 0 heterocycles. The fourth-order valence-electron chi connectivity index (χ4n) is 1.23. The highest BCUT2D eigenvalue weighted by atomic mass is 19.4. The molecule has 0 aliphatic heterocycles. The van der Waals surface area contributed by atoms with E-state index in [1.165, 1.54) is 12.1 Å². The Hall–Kier alpha value is -1.32. The molecule has 0 spiro atoms. The Balaban J connectivity index is 2.77. The Morgan fingerprint density at radius 1 is 1.27 bits per heavy atom. The monoisotopic (exact) mass is 215 g/mol. The Kier molecular flexibility index (Phi) is 3.50. The molecule has 0 saturated heterocycles. The van der Waals surface area contributed by atoms with Gasteiger partial charge in [-0.3, -0.25) is 4.79 Å². The summed E-state index contributed by atoms with van der Waals surface area (Å²) < 4.78 is 36.6. The van der Waals surface area contributed by atoms with Crippen molar-refractivity contribution < 1.29 is 18.0 Å². The number of hydrogen-bond donors (Lipinski definition) is 0. The molecule has 1 atom stereocenters. The number of alkyl halides is 3. The molecule has 4 heteroatoms. The predicted molar refractivity (Wildman–Crippen MR) is 50.0 cm³/mol. The molecule has 1 aromatic rings. The van der Waals surface area contributed by atoms with Gasteiger partial charge in [0.25, 0.3) is 0 Å². The number of carbonyl (C=O) groups excluding carboxylic acids is 1. The summed E-state index contributed by atoms with van der Waals surface area (Å²) in [4.78, 5) is 10.2. The van der Waals surface area contributed by atoms with Gasteiger partial charge in [0.05, 0.1) is 5.56 Å². The van der Waals surface area contributed by atoms with Crippen molar-refractivity contribution in [2.45, 2.75) is 19.5 Å². The lowest BCUT2D eigenvalue weighted by Gasteiger charge is -2.08. The molecule has 0 N–H and O–H groups in total. The first-order chi connectivity index (χ1) is 6.93. The number of halogens is 3. The minimum absolute atomic E-state index is 0.290. The molecule has 0 amide bonds. The van der Waals surface area contributed by atoms with Gasteiger partial charge >= 0.3 is 6.18 Å². The van der Waals surface area contributed by atoms with Crippen LogP contribution in [-0.4, -0.2) is 6.29 Å². The molecule has 1 rings (SSSR count). The van der Waals surface area contributed by atoms with E-state index < -0.39 is 11.7 Å². The second-order valence-corrected chi connectivity index (χ2v) is 3.42. The van der Waals surface area contributed by atoms with Gasteiger partial charge in [-0.2, -0.15) is 13.2 Å². The van der Waals surface area contributed by atoms with E-state index in [0.717, 1.165) is 12.1 Å². The molecule has 0 aliphatic carbocycles. The van der Waals surface area contributed by atoms with Gasteiger partial charge in [-0.15, -0.1) is 0 Å². The first-order valence-corrected chi connectivity index (χ1v) is 4.47. The lowest BCUT2D eigenvalue weighted by Crippen LogP contribution is -2.05. The summed E-state index contributed by atoms with van der Waals surface area (Å²) in [5, 5.41) is 0. The van der Waals surface area contributed by atoms with Crippen molar-refractivity contribution in [3.05, 3.63) is 35.4 Å². The third-order valence-electron chi connectivity index (χ3n) is 2.02. The molecular weight excluding hydrogens is 205 g/mol. The van der Waals surface area contributed by atoms with Crippen LogP contribution in [0.3, 0.4) is 0 Å². The molecular formula is C11H10F3O. The van der Waals surface area contributed by atoms with E-state index in [2.05, 4.69) is 0 Å². The van der Waals surface area contributed by atoms with Crippen LogP contribution in [0.1, 0.15) is 18.1 Å². The molecule has 81 valence electrons. The topological polar surface area (TPSA) is 17.1 Å². The van der Waals surface area contributed by atoms with Crippen molar-refractivity contribution >= 4 is 6.29 Å². The lowest BCUT2D eigenvalue weighted by atomic mass is 10.0. The largest absolute Gasteiger partial charge is 0.416 e. The summed E-state index contributed by atoms with van der Waals surface area (Å²) in [6.45, 7) is 1.67. The summed E-state index contributed by atoms with van der Waals surface area (Å²) >= 11 is 0. The Bertz CT molecular complexity index is 327. The van der Waals surface area contributed by atoms with Crippen molar-refractivity contribution in [2.75, 3.05) is 0 Å². The van der Waals surface area contributed by atoms with E-state index in [-0.39, 0.29) is 5.92 Å². The van der Waals surface area contributed by atoms with Crippen LogP contribution in [0.5, 0.6) is 0 Å². The first kappa shape index (κ1) is 11.8. The van der Waals surface area contributed by atoms with Crippen molar-refractivity contribution in [3.63, 3.8) is 0 Å². The molecule has 0 bridgehead atoms. The molecule has 1 nitrogen and oxygen atoms in total. The van der Waals surface area contributed by atoms with Crippen molar-refractivity contribution in [3.8, 4) is 0 Å². The van der Waals surface area contributed by atoms with Crippen LogP contribution < -0.4 is 0 Å². The Morgan fingerprint density at radius 3 is 2.20 bits per heavy atom. The summed E-state index contributed by atoms with van der Waals surface area (Å²) in [5.74, 6) is -0.290. The summed E-state index contributed by atoms with van der Waals surface area (Å²) in [6.07, 6.45) is -2.10. The zero-order valence-electron chi connectivity index (χ0n) is 8.14. The van der Waals surface area contributed by atoms with E-state index in [1.807, 2.05) is 0 Å².